The minimum absolute atomic E-state index is 0.0213. The van der Waals surface area contributed by atoms with Crippen LogP contribution >= 0.6 is 0 Å². The number of oxime groups is 1. The van der Waals surface area contributed by atoms with E-state index in [0.717, 1.165) is 6.42 Å². The van der Waals surface area contributed by atoms with E-state index in [1.807, 2.05) is 6.92 Å². The first-order valence-electron chi connectivity index (χ1n) is 5.64. The summed E-state index contributed by atoms with van der Waals surface area (Å²) in [6.45, 7) is 6.28. The predicted molar refractivity (Wildman–Crippen MR) is 66.3 cm³/mol. The number of rotatable bonds is 5. The van der Waals surface area contributed by atoms with E-state index in [0.29, 0.717) is 17.5 Å². The SMILES string of the molecule is CC(C)CC(C)Oc1cccc(C(N)=NO)n1. The Morgan fingerprint density at radius 2 is 2.18 bits per heavy atom. The van der Waals surface area contributed by atoms with Gasteiger partial charge in [-0.1, -0.05) is 25.1 Å². The average Bonchev–Trinajstić information content (AvgIpc) is 2.27. The lowest BCUT2D eigenvalue weighted by Gasteiger charge is -2.16. The Labute approximate surface area is 101 Å². The molecule has 94 valence electrons. The normalized spacial score (nSPS) is 13.8. The summed E-state index contributed by atoms with van der Waals surface area (Å²) in [5.41, 5.74) is 5.86. The number of pyridine rings is 1. The van der Waals surface area contributed by atoms with Crippen LogP contribution in [0.5, 0.6) is 5.88 Å². The largest absolute Gasteiger partial charge is 0.475 e. The Morgan fingerprint density at radius 3 is 2.76 bits per heavy atom. The zero-order chi connectivity index (χ0) is 12.8. The van der Waals surface area contributed by atoms with E-state index in [9.17, 15) is 0 Å². The molecule has 1 heterocycles. The van der Waals surface area contributed by atoms with Gasteiger partial charge in [-0.2, -0.15) is 0 Å². The van der Waals surface area contributed by atoms with Crippen molar-refractivity contribution in [1.82, 2.24) is 4.98 Å². The Kier molecular flexibility index (Phi) is 4.75. The fourth-order valence-electron chi connectivity index (χ4n) is 1.59. The van der Waals surface area contributed by atoms with Crippen molar-refractivity contribution in [1.29, 1.82) is 0 Å². The van der Waals surface area contributed by atoms with Gasteiger partial charge in [-0.3, -0.25) is 0 Å². The molecular weight excluding hydrogens is 218 g/mol. The Hall–Kier alpha value is -1.78. The summed E-state index contributed by atoms with van der Waals surface area (Å²) in [4.78, 5) is 4.15. The smallest absolute Gasteiger partial charge is 0.214 e. The van der Waals surface area contributed by atoms with Crippen LogP contribution < -0.4 is 10.5 Å². The molecule has 0 amide bonds. The number of nitrogens with zero attached hydrogens (tertiary/aromatic N) is 2. The van der Waals surface area contributed by atoms with Gasteiger partial charge in [0.2, 0.25) is 5.88 Å². The molecule has 1 aromatic heterocycles. The second-order valence-corrected chi connectivity index (χ2v) is 4.40. The molecule has 3 N–H and O–H groups in total. The first-order chi connectivity index (χ1) is 8.02. The highest BCUT2D eigenvalue weighted by atomic mass is 16.5. The van der Waals surface area contributed by atoms with Gasteiger partial charge in [0.1, 0.15) is 5.69 Å². The van der Waals surface area contributed by atoms with Crippen molar-refractivity contribution in [3.05, 3.63) is 23.9 Å². The number of hydrogen-bond donors (Lipinski definition) is 2. The quantitative estimate of drug-likeness (QED) is 0.355. The van der Waals surface area contributed by atoms with Gasteiger partial charge in [0.15, 0.2) is 5.84 Å². The van der Waals surface area contributed by atoms with E-state index in [4.69, 9.17) is 15.7 Å². The standard InChI is InChI=1S/C12H19N3O2/c1-8(2)7-9(3)17-11-6-4-5-10(14-11)12(13)15-16/h4-6,8-9,16H,7H2,1-3H3,(H2,13,15). The van der Waals surface area contributed by atoms with Crippen LogP contribution in [0.2, 0.25) is 0 Å². The fraction of sp³-hybridized carbons (Fsp3) is 0.500. The van der Waals surface area contributed by atoms with E-state index in [-0.39, 0.29) is 11.9 Å². The second kappa shape index (κ2) is 6.08. The molecule has 0 aliphatic rings. The molecule has 0 aromatic carbocycles. The monoisotopic (exact) mass is 237 g/mol. The third-order valence-electron chi connectivity index (χ3n) is 2.22. The molecule has 0 saturated heterocycles. The maximum absolute atomic E-state index is 8.56. The lowest BCUT2D eigenvalue weighted by atomic mass is 10.1. The lowest BCUT2D eigenvalue weighted by Crippen LogP contribution is -2.18. The Morgan fingerprint density at radius 1 is 1.47 bits per heavy atom. The first-order valence-corrected chi connectivity index (χ1v) is 5.64. The lowest BCUT2D eigenvalue weighted by molar-refractivity contribution is 0.185. The number of hydrogen-bond acceptors (Lipinski definition) is 4. The van der Waals surface area contributed by atoms with Crippen molar-refractivity contribution >= 4 is 5.84 Å². The maximum atomic E-state index is 8.56. The van der Waals surface area contributed by atoms with Gasteiger partial charge in [-0.15, -0.1) is 0 Å². The predicted octanol–water partition coefficient (Wildman–Crippen LogP) is 1.99. The van der Waals surface area contributed by atoms with Crippen LogP contribution in [0.1, 0.15) is 32.9 Å². The molecule has 1 rings (SSSR count). The molecule has 0 radical (unpaired) electrons. The van der Waals surface area contributed by atoms with E-state index in [2.05, 4.69) is 24.0 Å². The third kappa shape index (κ3) is 4.30. The molecular formula is C12H19N3O2. The van der Waals surface area contributed by atoms with Gasteiger partial charge in [0.25, 0.3) is 0 Å². The van der Waals surface area contributed by atoms with Crippen molar-refractivity contribution in [3.8, 4) is 5.88 Å². The van der Waals surface area contributed by atoms with Crippen LogP contribution in [-0.2, 0) is 0 Å². The van der Waals surface area contributed by atoms with E-state index in [1.54, 1.807) is 18.2 Å². The van der Waals surface area contributed by atoms with Gasteiger partial charge >= 0.3 is 0 Å². The molecule has 17 heavy (non-hydrogen) atoms. The molecule has 1 aromatic rings. The second-order valence-electron chi connectivity index (χ2n) is 4.40. The minimum atomic E-state index is -0.0213. The third-order valence-corrected chi connectivity index (χ3v) is 2.22. The van der Waals surface area contributed by atoms with Crippen molar-refractivity contribution in [3.63, 3.8) is 0 Å². The average molecular weight is 237 g/mol. The van der Waals surface area contributed by atoms with Crippen LogP contribution in [0, 0.1) is 5.92 Å². The molecule has 1 unspecified atom stereocenters. The molecule has 5 heteroatoms. The van der Waals surface area contributed by atoms with Crippen LogP contribution in [0.3, 0.4) is 0 Å². The number of aromatic nitrogens is 1. The summed E-state index contributed by atoms with van der Waals surface area (Å²) >= 11 is 0. The van der Waals surface area contributed by atoms with E-state index < -0.39 is 0 Å². The zero-order valence-electron chi connectivity index (χ0n) is 10.4. The van der Waals surface area contributed by atoms with Gasteiger partial charge < -0.3 is 15.7 Å². The summed E-state index contributed by atoms with van der Waals surface area (Å²) in [6.07, 6.45) is 1.04. The van der Waals surface area contributed by atoms with Crippen LogP contribution in [0.4, 0.5) is 0 Å². The summed E-state index contributed by atoms with van der Waals surface area (Å²) in [5.74, 6) is 1.03. The number of ether oxygens (including phenoxy) is 1. The number of amidine groups is 1. The summed E-state index contributed by atoms with van der Waals surface area (Å²) in [6, 6.07) is 5.18. The van der Waals surface area contributed by atoms with Gasteiger partial charge in [0, 0.05) is 6.07 Å². The Bertz CT molecular complexity index is 391. The molecule has 0 spiro atoms. The van der Waals surface area contributed by atoms with Gasteiger partial charge in [-0.05, 0) is 25.3 Å². The fourth-order valence-corrected chi connectivity index (χ4v) is 1.59. The summed E-state index contributed by atoms with van der Waals surface area (Å²) < 4.78 is 5.66. The van der Waals surface area contributed by atoms with Crippen LogP contribution in [0.15, 0.2) is 23.4 Å². The topological polar surface area (TPSA) is 80.7 Å². The van der Waals surface area contributed by atoms with Crippen LogP contribution in [-0.4, -0.2) is 22.1 Å². The maximum Gasteiger partial charge on any atom is 0.214 e. The summed E-state index contributed by atoms with van der Waals surface area (Å²) in [5, 5.41) is 11.5. The van der Waals surface area contributed by atoms with Gasteiger partial charge in [0.05, 0.1) is 6.10 Å². The summed E-state index contributed by atoms with van der Waals surface area (Å²) in [7, 11) is 0. The Balaban J connectivity index is 2.72. The molecule has 0 saturated carbocycles. The highest BCUT2D eigenvalue weighted by Crippen LogP contribution is 2.13. The molecule has 5 nitrogen and oxygen atoms in total. The molecule has 0 aliphatic heterocycles. The van der Waals surface area contributed by atoms with Crippen molar-refractivity contribution < 1.29 is 9.94 Å². The van der Waals surface area contributed by atoms with E-state index >= 15 is 0 Å². The zero-order valence-corrected chi connectivity index (χ0v) is 10.4. The van der Waals surface area contributed by atoms with Gasteiger partial charge in [-0.25, -0.2) is 4.98 Å². The van der Waals surface area contributed by atoms with Crippen molar-refractivity contribution in [2.75, 3.05) is 0 Å². The molecule has 0 aliphatic carbocycles. The first kappa shape index (κ1) is 13.3. The highest BCUT2D eigenvalue weighted by Gasteiger charge is 2.09. The van der Waals surface area contributed by atoms with Crippen molar-refractivity contribution in [2.24, 2.45) is 16.8 Å². The number of nitrogens with two attached hydrogens (primary N) is 1. The molecule has 0 fully saturated rings. The molecule has 0 bridgehead atoms. The van der Waals surface area contributed by atoms with Crippen molar-refractivity contribution in [2.45, 2.75) is 33.3 Å². The highest BCUT2D eigenvalue weighted by molar-refractivity contribution is 5.95. The van der Waals surface area contributed by atoms with E-state index in [1.165, 1.54) is 0 Å². The molecule has 1 atom stereocenters. The minimum Gasteiger partial charge on any atom is -0.475 e. The van der Waals surface area contributed by atoms with Crippen LogP contribution in [0.25, 0.3) is 0 Å².